The van der Waals surface area contributed by atoms with Crippen molar-refractivity contribution in [3.63, 3.8) is 0 Å². The molecule has 216 valence electrons. The van der Waals surface area contributed by atoms with Crippen LogP contribution >= 0.6 is 0 Å². The Morgan fingerprint density at radius 2 is 1.64 bits per heavy atom. The fraction of sp³-hybridized carbons (Fsp3) is 0.281. The molecule has 3 aromatic rings. The lowest BCUT2D eigenvalue weighted by Gasteiger charge is -2.31. The van der Waals surface area contributed by atoms with Crippen LogP contribution in [0, 0.1) is 16.0 Å². The summed E-state index contributed by atoms with van der Waals surface area (Å²) < 4.78 is 23.5. The summed E-state index contributed by atoms with van der Waals surface area (Å²) in [5.74, 6) is -4.39. The third-order valence-corrected chi connectivity index (χ3v) is 7.46. The molecule has 42 heavy (non-hydrogen) atoms. The van der Waals surface area contributed by atoms with E-state index in [9.17, 15) is 19.7 Å². The predicted molar refractivity (Wildman–Crippen MR) is 153 cm³/mol. The van der Waals surface area contributed by atoms with Crippen LogP contribution in [0.5, 0.6) is 0 Å². The second kappa shape index (κ2) is 12.1. The number of rotatable bonds is 8. The van der Waals surface area contributed by atoms with E-state index in [0.717, 1.165) is 11.1 Å². The number of allylic oxidation sites excluding steroid dienone is 1. The number of benzene rings is 3. The Hall–Kier alpha value is -4.67. The molecule has 0 aromatic heterocycles. The quantitative estimate of drug-likeness (QED) is 0.209. The minimum Gasteiger partial charge on any atom is -0.468 e. The molecule has 2 aliphatic rings. The van der Waals surface area contributed by atoms with E-state index < -0.39 is 40.6 Å². The number of nitrogens with zero attached hydrogens (tertiary/aromatic N) is 2. The Kier molecular flexibility index (Phi) is 8.28. The Bertz CT molecular complexity index is 1510. The molecule has 0 aliphatic carbocycles. The Morgan fingerprint density at radius 1 is 1.00 bits per heavy atom. The van der Waals surface area contributed by atoms with Crippen molar-refractivity contribution in [2.45, 2.75) is 31.7 Å². The number of aliphatic imine (C=N–C) groups is 1. The summed E-state index contributed by atoms with van der Waals surface area (Å²) in [6.07, 6.45) is -0.600. The molecule has 10 nitrogen and oxygen atoms in total. The number of esters is 2. The highest BCUT2D eigenvalue weighted by molar-refractivity contribution is 6.07. The maximum Gasteiger partial charge on any atom is 0.336 e. The third-order valence-electron chi connectivity index (χ3n) is 7.46. The van der Waals surface area contributed by atoms with Crippen LogP contribution in [0.3, 0.4) is 0 Å². The largest absolute Gasteiger partial charge is 0.468 e. The molecule has 5 rings (SSSR count). The molecular formula is C32H30N2O8. The Labute approximate surface area is 242 Å². The molecule has 0 amide bonds. The van der Waals surface area contributed by atoms with Gasteiger partial charge in [0, 0.05) is 40.6 Å². The maximum atomic E-state index is 13.7. The summed E-state index contributed by atoms with van der Waals surface area (Å²) in [6, 6.07) is 24.9. The molecular weight excluding hydrogens is 540 g/mol. The Morgan fingerprint density at radius 3 is 2.24 bits per heavy atom. The standard InChI is InChI=1S/C32H30N2O8/c1-20-27(30(35)39-3)29(22-11-10-16-25(17-22)34(37)38)28(21(2)33-20)31(36)40-18-26-19-41-32(42-26,23-12-6-4-7-13-23)24-14-8-5-9-15-24/h4-17,26-27,29H,18-19H2,1-3H3. The zero-order valence-electron chi connectivity index (χ0n) is 23.4. The van der Waals surface area contributed by atoms with Crippen LogP contribution in [0.2, 0.25) is 0 Å². The minimum atomic E-state index is -1.18. The summed E-state index contributed by atoms with van der Waals surface area (Å²) >= 11 is 0. The van der Waals surface area contributed by atoms with Crippen molar-refractivity contribution in [1.29, 1.82) is 0 Å². The lowest BCUT2D eigenvalue weighted by atomic mass is 9.75. The van der Waals surface area contributed by atoms with Gasteiger partial charge in [-0.2, -0.15) is 0 Å². The van der Waals surface area contributed by atoms with Crippen molar-refractivity contribution in [3.05, 3.63) is 123 Å². The maximum absolute atomic E-state index is 13.7. The molecule has 3 unspecified atom stereocenters. The monoisotopic (exact) mass is 570 g/mol. The summed E-state index contributed by atoms with van der Waals surface area (Å²) in [5.41, 5.74) is 2.72. The van der Waals surface area contributed by atoms with Crippen LogP contribution in [-0.2, 0) is 34.3 Å². The van der Waals surface area contributed by atoms with E-state index in [2.05, 4.69) is 4.99 Å². The van der Waals surface area contributed by atoms with Gasteiger partial charge >= 0.3 is 11.9 Å². The highest BCUT2D eigenvalue weighted by Crippen LogP contribution is 2.42. The first-order chi connectivity index (χ1) is 20.2. The molecule has 0 N–H and O–H groups in total. The fourth-order valence-corrected chi connectivity index (χ4v) is 5.55. The highest BCUT2D eigenvalue weighted by Gasteiger charge is 2.46. The van der Waals surface area contributed by atoms with Crippen LogP contribution in [0.4, 0.5) is 5.69 Å². The van der Waals surface area contributed by atoms with Crippen molar-refractivity contribution >= 4 is 23.3 Å². The van der Waals surface area contributed by atoms with Crippen molar-refractivity contribution in [1.82, 2.24) is 0 Å². The average Bonchev–Trinajstić information content (AvgIpc) is 3.45. The number of non-ortho nitro benzene ring substituents is 1. The van der Waals surface area contributed by atoms with Gasteiger partial charge in [0.2, 0.25) is 5.79 Å². The molecule has 1 saturated heterocycles. The van der Waals surface area contributed by atoms with Gasteiger partial charge in [-0.25, -0.2) is 4.79 Å². The van der Waals surface area contributed by atoms with Crippen molar-refractivity contribution in [3.8, 4) is 0 Å². The summed E-state index contributed by atoms with van der Waals surface area (Å²) in [4.78, 5) is 42.1. The van der Waals surface area contributed by atoms with Gasteiger partial charge in [0.1, 0.15) is 18.6 Å². The van der Waals surface area contributed by atoms with Crippen molar-refractivity contribution in [2.75, 3.05) is 20.3 Å². The first kappa shape index (κ1) is 28.8. The molecule has 2 heterocycles. The normalized spacial score (nSPS) is 21.4. The smallest absolute Gasteiger partial charge is 0.336 e. The second-order valence-corrected chi connectivity index (χ2v) is 10.1. The van der Waals surface area contributed by atoms with E-state index in [-0.39, 0.29) is 24.5 Å². The number of hydrogen-bond acceptors (Lipinski definition) is 9. The van der Waals surface area contributed by atoms with Crippen LogP contribution < -0.4 is 0 Å². The lowest BCUT2D eigenvalue weighted by Crippen LogP contribution is -2.37. The number of nitro groups is 1. The van der Waals surface area contributed by atoms with Crippen LogP contribution in [-0.4, -0.2) is 49.0 Å². The number of methoxy groups -OCH3 is 1. The van der Waals surface area contributed by atoms with Gasteiger partial charge in [0.15, 0.2) is 0 Å². The summed E-state index contributed by atoms with van der Waals surface area (Å²) in [6.45, 7) is 3.33. The van der Waals surface area contributed by atoms with E-state index in [1.54, 1.807) is 19.9 Å². The van der Waals surface area contributed by atoms with E-state index >= 15 is 0 Å². The number of carbonyl (C=O) groups is 2. The Balaban J connectivity index is 1.42. The number of hydrogen-bond donors (Lipinski definition) is 0. The van der Waals surface area contributed by atoms with E-state index in [4.69, 9.17) is 18.9 Å². The highest BCUT2D eigenvalue weighted by atomic mass is 16.8. The predicted octanol–water partition coefficient (Wildman–Crippen LogP) is 5.08. The molecule has 1 fully saturated rings. The molecule has 3 aromatic carbocycles. The van der Waals surface area contributed by atoms with Gasteiger partial charge in [-0.15, -0.1) is 0 Å². The fourth-order valence-electron chi connectivity index (χ4n) is 5.55. The SMILES string of the molecule is COC(=O)C1C(C)=NC(C)=C(C(=O)OCC2COC(c3ccccc3)(c3ccccc3)O2)C1c1cccc([N+](=O)[O-])c1. The van der Waals surface area contributed by atoms with Gasteiger partial charge in [-0.05, 0) is 19.4 Å². The van der Waals surface area contributed by atoms with Gasteiger partial charge < -0.3 is 18.9 Å². The molecule has 0 radical (unpaired) electrons. The van der Waals surface area contributed by atoms with Gasteiger partial charge in [-0.3, -0.25) is 19.9 Å². The zero-order valence-corrected chi connectivity index (χ0v) is 23.4. The van der Waals surface area contributed by atoms with Crippen LogP contribution in [0.1, 0.15) is 36.5 Å². The summed E-state index contributed by atoms with van der Waals surface area (Å²) in [7, 11) is 1.24. The zero-order chi connectivity index (χ0) is 29.9. The molecule has 2 aliphatic heterocycles. The van der Waals surface area contributed by atoms with E-state index in [0.29, 0.717) is 17.0 Å². The average molecular weight is 571 g/mol. The second-order valence-electron chi connectivity index (χ2n) is 10.1. The number of nitro benzene ring substituents is 1. The topological polar surface area (TPSA) is 127 Å². The van der Waals surface area contributed by atoms with Crippen LogP contribution in [0.15, 0.2) is 101 Å². The number of ether oxygens (including phenoxy) is 4. The molecule has 10 heteroatoms. The third kappa shape index (κ3) is 5.46. The molecule has 3 atom stereocenters. The first-order valence-corrected chi connectivity index (χ1v) is 13.4. The van der Waals surface area contributed by atoms with Crippen molar-refractivity contribution in [2.24, 2.45) is 10.9 Å². The van der Waals surface area contributed by atoms with Gasteiger partial charge in [-0.1, -0.05) is 72.8 Å². The lowest BCUT2D eigenvalue weighted by molar-refractivity contribution is -0.384. The van der Waals surface area contributed by atoms with Gasteiger partial charge in [0.05, 0.1) is 24.2 Å². The number of carbonyl (C=O) groups excluding carboxylic acids is 2. The minimum absolute atomic E-state index is 0.118. The first-order valence-electron chi connectivity index (χ1n) is 13.4. The van der Waals surface area contributed by atoms with Crippen LogP contribution in [0.25, 0.3) is 0 Å². The molecule has 0 spiro atoms. The molecule has 0 bridgehead atoms. The summed E-state index contributed by atoms with van der Waals surface area (Å²) in [5, 5.41) is 11.5. The molecule has 0 saturated carbocycles. The van der Waals surface area contributed by atoms with Crippen molar-refractivity contribution < 1.29 is 33.5 Å². The van der Waals surface area contributed by atoms with E-state index in [1.165, 1.54) is 25.3 Å². The van der Waals surface area contributed by atoms with E-state index in [1.807, 2.05) is 60.7 Å². The van der Waals surface area contributed by atoms with Gasteiger partial charge in [0.25, 0.3) is 5.69 Å².